The van der Waals surface area contributed by atoms with Crippen molar-refractivity contribution in [1.82, 2.24) is 14.8 Å². The number of aryl methyl sites for hydroxylation is 3. The molecule has 0 atom stereocenters. The minimum Gasteiger partial charge on any atom is -0.370 e. The molecule has 0 bridgehead atoms. The second-order valence-electron chi connectivity index (χ2n) is 5.20. The lowest BCUT2D eigenvalue weighted by atomic mass is 10.1. The summed E-state index contributed by atoms with van der Waals surface area (Å²) in [5.74, 6) is 1.22. The summed E-state index contributed by atoms with van der Waals surface area (Å²) < 4.78 is 1.95. The first-order valence-electron chi connectivity index (χ1n) is 7.31. The summed E-state index contributed by atoms with van der Waals surface area (Å²) in [6, 6.07) is 6.39. The van der Waals surface area contributed by atoms with Gasteiger partial charge in [0.2, 0.25) is 0 Å². The van der Waals surface area contributed by atoms with Crippen LogP contribution in [0.2, 0.25) is 0 Å². The maximum absolute atomic E-state index is 5.94. The zero-order chi connectivity index (χ0) is 14.7. The Morgan fingerprint density at radius 2 is 2.24 bits per heavy atom. The molecule has 2 aromatic rings. The molecule has 6 nitrogen and oxygen atoms in total. The number of nitrogens with zero attached hydrogens (tertiary/aromatic N) is 4. The van der Waals surface area contributed by atoms with Crippen LogP contribution in [0.15, 0.2) is 29.5 Å². The first kappa shape index (κ1) is 13.6. The number of hydrogen-bond donors (Lipinski definition) is 2. The molecule has 0 amide bonds. The molecule has 0 saturated carbocycles. The van der Waals surface area contributed by atoms with E-state index in [1.54, 1.807) is 6.33 Å². The third-order valence-corrected chi connectivity index (χ3v) is 3.80. The highest BCUT2D eigenvalue weighted by Crippen LogP contribution is 2.24. The van der Waals surface area contributed by atoms with Gasteiger partial charge in [-0.2, -0.15) is 0 Å². The summed E-state index contributed by atoms with van der Waals surface area (Å²) in [4.78, 5) is 4.32. The molecule has 3 rings (SSSR count). The summed E-state index contributed by atoms with van der Waals surface area (Å²) in [7, 11) is 0. The molecule has 1 aliphatic rings. The molecule has 0 saturated heterocycles. The number of benzene rings is 1. The molecule has 1 aliphatic carbocycles. The van der Waals surface area contributed by atoms with Crippen molar-refractivity contribution in [3.8, 4) is 0 Å². The average molecular weight is 284 g/mol. The Labute approximate surface area is 124 Å². The van der Waals surface area contributed by atoms with Crippen molar-refractivity contribution < 1.29 is 0 Å². The van der Waals surface area contributed by atoms with Crippen LogP contribution in [0.5, 0.6) is 0 Å². The van der Waals surface area contributed by atoms with Gasteiger partial charge in [0, 0.05) is 12.2 Å². The van der Waals surface area contributed by atoms with Crippen LogP contribution in [0, 0.1) is 0 Å². The van der Waals surface area contributed by atoms with Crippen LogP contribution in [0.25, 0.3) is 0 Å². The summed E-state index contributed by atoms with van der Waals surface area (Å²) in [5, 5.41) is 11.1. The third-order valence-electron chi connectivity index (χ3n) is 3.80. The van der Waals surface area contributed by atoms with Gasteiger partial charge >= 0.3 is 0 Å². The van der Waals surface area contributed by atoms with E-state index in [4.69, 9.17) is 5.73 Å². The van der Waals surface area contributed by atoms with Gasteiger partial charge in [0.15, 0.2) is 11.8 Å². The predicted octanol–water partition coefficient (Wildman–Crippen LogP) is 1.71. The van der Waals surface area contributed by atoms with E-state index in [1.165, 1.54) is 24.0 Å². The molecule has 1 aromatic heterocycles. The first-order valence-corrected chi connectivity index (χ1v) is 7.31. The van der Waals surface area contributed by atoms with E-state index in [-0.39, 0.29) is 0 Å². The molecule has 6 heteroatoms. The maximum atomic E-state index is 5.94. The van der Waals surface area contributed by atoms with Crippen LogP contribution in [-0.4, -0.2) is 20.7 Å². The first-order chi connectivity index (χ1) is 10.3. The van der Waals surface area contributed by atoms with Gasteiger partial charge in [-0.3, -0.25) is 0 Å². The molecule has 21 heavy (non-hydrogen) atoms. The lowest BCUT2D eigenvalue weighted by Crippen LogP contribution is -2.23. The highest BCUT2D eigenvalue weighted by Gasteiger charge is 2.10. The van der Waals surface area contributed by atoms with Crippen LogP contribution in [0.3, 0.4) is 0 Å². The fourth-order valence-corrected chi connectivity index (χ4v) is 2.66. The average Bonchev–Trinajstić information content (AvgIpc) is 3.13. The summed E-state index contributed by atoms with van der Waals surface area (Å²) in [5.41, 5.74) is 9.80. The molecule has 0 radical (unpaired) electrons. The number of aliphatic imine (C=N–C) groups is 1. The van der Waals surface area contributed by atoms with E-state index in [9.17, 15) is 0 Å². The standard InChI is InChI=1S/C15H20N6/c1-2-21-10-18-20-14(21)9-17-15(16)19-13-7-6-11-4-3-5-12(11)8-13/h6-8,10H,2-5,9H2,1H3,(H3,16,17,19). The monoisotopic (exact) mass is 284 g/mol. The van der Waals surface area contributed by atoms with E-state index in [2.05, 4.69) is 38.7 Å². The number of hydrogen-bond acceptors (Lipinski definition) is 3. The third kappa shape index (κ3) is 3.04. The van der Waals surface area contributed by atoms with Crippen LogP contribution >= 0.6 is 0 Å². The van der Waals surface area contributed by atoms with E-state index < -0.39 is 0 Å². The van der Waals surface area contributed by atoms with Gasteiger partial charge < -0.3 is 15.6 Å². The summed E-state index contributed by atoms with van der Waals surface area (Å²) >= 11 is 0. The van der Waals surface area contributed by atoms with Crippen molar-refractivity contribution in [3.05, 3.63) is 41.5 Å². The van der Waals surface area contributed by atoms with Crippen molar-refractivity contribution in [1.29, 1.82) is 0 Å². The zero-order valence-electron chi connectivity index (χ0n) is 12.2. The van der Waals surface area contributed by atoms with Crippen molar-refractivity contribution in [2.24, 2.45) is 10.7 Å². The van der Waals surface area contributed by atoms with Crippen LogP contribution in [-0.2, 0) is 25.9 Å². The SMILES string of the molecule is CCn1cnnc1CN=C(N)Nc1ccc2c(c1)CCC2. The van der Waals surface area contributed by atoms with Gasteiger partial charge in [-0.05, 0) is 49.4 Å². The van der Waals surface area contributed by atoms with Gasteiger partial charge in [0.1, 0.15) is 12.9 Å². The number of nitrogens with two attached hydrogens (primary N) is 1. The second-order valence-corrected chi connectivity index (χ2v) is 5.20. The molecule has 0 spiro atoms. The highest BCUT2D eigenvalue weighted by molar-refractivity contribution is 5.92. The molecule has 0 unspecified atom stereocenters. The molecular formula is C15H20N6. The maximum Gasteiger partial charge on any atom is 0.193 e. The Hall–Kier alpha value is -2.37. The molecule has 1 heterocycles. The van der Waals surface area contributed by atoms with Crippen molar-refractivity contribution in [3.63, 3.8) is 0 Å². The van der Waals surface area contributed by atoms with Gasteiger partial charge in [-0.1, -0.05) is 6.07 Å². The zero-order valence-corrected chi connectivity index (χ0v) is 12.2. The van der Waals surface area contributed by atoms with E-state index in [1.807, 2.05) is 11.5 Å². The van der Waals surface area contributed by atoms with Gasteiger partial charge in [-0.25, -0.2) is 4.99 Å². The van der Waals surface area contributed by atoms with Gasteiger partial charge in [0.25, 0.3) is 0 Å². The van der Waals surface area contributed by atoms with Crippen molar-refractivity contribution in [2.75, 3.05) is 5.32 Å². The lowest BCUT2D eigenvalue weighted by Gasteiger charge is -2.08. The fourth-order valence-electron chi connectivity index (χ4n) is 2.66. The number of rotatable bonds is 4. The molecule has 1 aromatic carbocycles. The normalized spacial score (nSPS) is 14.2. The Balaban J connectivity index is 1.65. The van der Waals surface area contributed by atoms with Crippen LogP contribution in [0.4, 0.5) is 5.69 Å². The smallest absolute Gasteiger partial charge is 0.193 e. The molecule has 0 fully saturated rings. The summed E-state index contributed by atoms with van der Waals surface area (Å²) in [6.45, 7) is 3.30. The molecule has 3 N–H and O–H groups in total. The number of fused-ring (bicyclic) bond motifs is 1. The Morgan fingerprint density at radius 1 is 1.38 bits per heavy atom. The quantitative estimate of drug-likeness (QED) is 0.661. The number of aromatic nitrogens is 3. The lowest BCUT2D eigenvalue weighted by molar-refractivity contribution is 0.699. The Bertz CT molecular complexity index is 658. The molecule has 110 valence electrons. The van der Waals surface area contributed by atoms with Gasteiger partial charge in [-0.15, -0.1) is 10.2 Å². The van der Waals surface area contributed by atoms with Gasteiger partial charge in [0.05, 0.1) is 0 Å². The summed E-state index contributed by atoms with van der Waals surface area (Å²) in [6.07, 6.45) is 5.29. The molecular weight excluding hydrogens is 264 g/mol. The van der Waals surface area contributed by atoms with E-state index in [0.717, 1.165) is 24.5 Å². The minimum atomic E-state index is 0.401. The van der Waals surface area contributed by atoms with Crippen LogP contribution in [0.1, 0.15) is 30.3 Å². The topological polar surface area (TPSA) is 81.1 Å². The van der Waals surface area contributed by atoms with E-state index in [0.29, 0.717) is 12.5 Å². The Kier molecular flexibility index (Phi) is 3.85. The second kappa shape index (κ2) is 5.95. The number of nitrogens with one attached hydrogen (secondary N) is 1. The molecule has 0 aliphatic heterocycles. The Morgan fingerprint density at radius 3 is 3.10 bits per heavy atom. The predicted molar refractivity (Wildman–Crippen MR) is 83.1 cm³/mol. The van der Waals surface area contributed by atoms with E-state index >= 15 is 0 Å². The van der Waals surface area contributed by atoms with Crippen molar-refractivity contribution in [2.45, 2.75) is 39.3 Å². The largest absolute Gasteiger partial charge is 0.370 e. The van der Waals surface area contributed by atoms with Crippen LogP contribution < -0.4 is 11.1 Å². The fraction of sp³-hybridized carbons (Fsp3) is 0.400. The van der Waals surface area contributed by atoms with Crippen molar-refractivity contribution >= 4 is 11.6 Å². The number of guanidine groups is 1. The minimum absolute atomic E-state index is 0.401. The highest BCUT2D eigenvalue weighted by atomic mass is 15.3. The number of anilines is 1.